The molecule has 0 saturated heterocycles. The number of ketones is 1. The maximum absolute atomic E-state index is 12.6. The van der Waals surface area contributed by atoms with Crippen LogP contribution in [0.4, 0.5) is 0 Å². The molecule has 0 unspecified atom stereocenters. The van der Waals surface area contributed by atoms with Gasteiger partial charge in [0.25, 0.3) is 0 Å². The highest BCUT2D eigenvalue weighted by atomic mass is 16.3. The molecule has 1 fully saturated rings. The van der Waals surface area contributed by atoms with Crippen molar-refractivity contribution in [1.29, 1.82) is 0 Å². The Morgan fingerprint density at radius 2 is 2.15 bits per heavy atom. The van der Waals surface area contributed by atoms with Crippen LogP contribution in [0.3, 0.4) is 0 Å². The smallest absolute Gasteiger partial charge is 0.163 e. The maximum Gasteiger partial charge on any atom is 0.163 e. The molecule has 0 radical (unpaired) electrons. The number of aliphatic hydroxyl groups excluding tert-OH is 1. The number of fused-ring (bicyclic) bond motifs is 2. The summed E-state index contributed by atoms with van der Waals surface area (Å²) in [6.45, 7) is 11.2. The molecule has 0 heterocycles. The molecule has 3 aliphatic carbocycles. The van der Waals surface area contributed by atoms with Crippen LogP contribution in [0, 0.1) is 35.0 Å². The number of carbonyl (C=O) groups is 1. The number of allylic oxidation sites excluding steroid dienone is 7. The Hall–Kier alpha value is -1.41. The molecule has 27 heavy (non-hydrogen) atoms. The second-order valence-corrected chi connectivity index (χ2v) is 9.70. The van der Waals surface area contributed by atoms with Crippen molar-refractivity contribution in [2.75, 3.05) is 6.61 Å². The fourth-order valence-electron chi connectivity index (χ4n) is 5.98. The first kappa shape index (κ1) is 20.3. The average molecular weight is 369 g/mol. The monoisotopic (exact) mass is 368 g/mol. The summed E-state index contributed by atoms with van der Waals surface area (Å²) in [4.78, 5) is 12.6. The van der Waals surface area contributed by atoms with Crippen molar-refractivity contribution in [1.82, 2.24) is 0 Å². The highest BCUT2D eigenvalue weighted by molar-refractivity contribution is 5.97. The number of hydrogen-bond donors (Lipinski definition) is 1. The Kier molecular flexibility index (Phi) is 5.96. The van der Waals surface area contributed by atoms with E-state index in [1.54, 1.807) is 0 Å². The summed E-state index contributed by atoms with van der Waals surface area (Å²) in [5.41, 5.74) is 3.78. The molecule has 3 aliphatic rings. The molecule has 1 N–H and O–H groups in total. The van der Waals surface area contributed by atoms with Crippen LogP contribution in [0.5, 0.6) is 0 Å². The van der Waals surface area contributed by atoms with Gasteiger partial charge in [-0.15, -0.1) is 0 Å². The largest absolute Gasteiger partial charge is 0.392 e. The predicted molar refractivity (Wildman–Crippen MR) is 112 cm³/mol. The predicted octanol–water partition coefficient (Wildman–Crippen LogP) is 5.65. The van der Waals surface area contributed by atoms with Crippen molar-refractivity contribution in [3.05, 3.63) is 47.1 Å². The van der Waals surface area contributed by atoms with Gasteiger partial charge in [0.15, 0.2) is 5.78 Å². The van der Waals surface area contributed by atoms with E-state index in [1.807, 2.05) is 6.08 Å². The van der Waals surface area contributed by atoms with Crippen molar-refractivity contribution < 1.29 is 9.90 Å². The standard InChI is InChI=1S/C25H36O2/c1-16(2)7-6-8-17(3)20-11-12-25(5)14-21-18(4)13-23(27)24(21)19(15-26)9-10-22(20)25/h6-9,13,17,20-22,24,26H,10-12,14-15H2,1-5H3/b8-6-,19-9-/t17-,20+,21+,22-,24-,25+/m0/s1. The first-order valence-corrected chi connectivity index (χ1v) is 10.6. The van der Waals surface area contributed by atoms with E-state index < -0.39 is 0 Å². The highest BCUT2D eigenvalue weighted by Gasteiger charge is 2.50. The fourth-order valence-corrected chi connectivity index (χ4v) is 5.98. The average Bonchev–Trinajstić information content (AvgIpc) is 3.04. The van der Waals surface area contributed by atoms with Gasteiger partial charge in [0.1, 0.15) is 0 Å². The van der Waals surface area contributed by atoms with E-state index in [-0.39, 0.29) is 29.6 Å². The minimum atomic E-state index is -0.109. The van der Waals surface area contributed by atoms with Crippen molar-refractivity contribution >= 4 is 5.78 Å². The topological polar surface area (TPSA) is 37.3 Å². The lowest BCUT2D eigenvalue weighted by molar-refractivity contribution is -0.117. The minimum absolute atomic E-state index is 0.0121. The molecular weight excluding hydrogens is 332 g/mol. The first-order valence-electron chi connectivity index (χ1n) is 10.6. The van der Waals surface area contributed by atoms with Crippen LogP contribution in [0.1, 0.15) is 60.3 Å². The van der Waals surface area contributed by atoms with Gasteiger partial charge in [0.05, 0.1) is 12.5 Å². The summed E-state index contributed by atoms with van der Waals surface area (Å²) in [5.74, 6) is 2.21. The number of aliphatic hydroxyl groups is 1. The van der Waals surface area contributed by atoms with Gasteiger partial charge in [-0.3, -0.25) is 4.79 Å². The van der Waals surface area contributed by atoms with E-state index in [2.05, 4.69) is 58.9 Å². The third kappa shape index (κ3) is 3.92. The molecule has 2 nitrogen and oxygen atoms in total. The normalized spacial score (nSPS) is 39.1. The Morgan fingerprint density at radius 3 is 2.81 bits per heavy atom. The van der Waals surface area contributed by atoms with Gasteiger partial charge in [-0.05, 0) is 87.2 Å². The molecule has 0 spiro atoms. The molecule has 148 valence electrons. The molecule has 0 aromatic rings. The summed E-state index contributed by atoms with van der Waals surface area (Å²) in [5, 5.41) is 9.95. The Labute approximate surface area is 165 Å². The van der Waals surface area contributed by atoms with Crippen LogP contribution in [-0.2, 0) is 4.79 Å². The number of hydrogen-bond acceptors (Lipinski definition) is 2. The van der Waals surface area contributed by atoms with Crippen LogP contribution >= 0.6 is 0 Å². The van der Waals surface area contributed by atoms with Gasteiger partial charge in [0.2, 0.25) is 0 Å². The zero-order chi connectivity index (χ0) is 19.8. The van der Waals surface area contributed by atoms with Gasteiger partial charge in [-0.2, -0.15) is 0 Å². The van der Waals surface area contributed by atoms with E-state index in [1.165, 1.54) is 24.0 Å². The van der Waals surface area contributed by atoms with Gasteiger partial charge < -0.3 is 5.11 Å². The van der Waals surface area contributed by atoms with Gasteiger partial charge in [0, 0.05) is 0 Å². The van der Waals surface area contributed by atoms with Crippen molar-refractivity contribution in [3.8, 4) is 0 Å². The van der Waals surface area contributed by atoms with Gasteiger partial charge >= 0.3 is 0 Å². The lowest BCUT2D eigenvalue weighted by Gasteiger charge is -2.41. The third-order valence-electron chi connectivity index (χ3n) is 7.55. The van der Waals surface area contributed by atoms with E-state index in [0.717, 1.165) is 18.4 Å². The minimum Gasteiger partial charge on any atom is -0.392 e. The van der Waals surface area contributed by atoms with Crippen molar-refractivity contribution in [2.24, 2.45) is 35.0 Å². The number of rotatable bonds is 4. The molecule has 3 rings (SSSR count). The van der Waals surface area contributed by atoms with Crippen molar-refractivity contribution in [2.45, 2.75) is 60.3 Å². The molecule has 0 bridgehead atoms. The van der Waals surface area contributed by atoms with E-state index >= 15 is 0 Å². The zero-order valence-electron chi connectivity index (χ0n) is 17.7. The highest BCUT2D eigenvalue weighted by Crippen LogP contribution is 2.58. The molecule has 0 aliphatic heterocycles. The van der Waals surface area contributed by atoms with Crippen LogP contribution in [0.25, 0.3) is 0 Å². The SMILES string of the molecule is CC(C)=C/C=C\[C@H](C)[C@H]1CC[C@]2(C)C[C@@H]3C(C)=CC(=O)[C@H]3/C(CO)=C\C[C@@H]12. The molecule has 2 heteroatoms. The van der Waals surface area contributed by atoms with Crippen LogP contribution in [0.2, 0.25) is 0 Å². The first-order chi connectivity index (χ1) is 12.8. The third-order valence-corrected chi connectivity index (χ3v) is 7.55. The number of carbonyl (C=O) groups excluding carboxylic acids is 1. The lowest BCUT2D eigenvalue weighted by atomic mass is 9.63. The lowest BCUT2D eigenvalue weighted by Crippen LogP contribution is -2.34. The maximum atomic E-state index is 12.6. The summed E-state index contributed by atoms with van der Waals surface area (Å²) in [6, 6.07) is 0. The zero-order valence-corrected chi connectivity index (χ0v) is 17.7. The molecular formula is C25H36O2. The molecule has 1 saturated carbocycles. The van der Waals surface area contributed by atoms with Crippen LogP contribution in [-0.4, -0.2) is 17.5 Å². The summed E-state index contributed by atoms with van der Waals surface area (Å²) >= 11 is 0. The van der Waals surface area contributed by atoms with Crippen LogP contribution < -0.4 is 0 Å². The quantitative estimate of drug-likeness (QED) is 0.514. The fraction of sp³-hybridized carbons (Fsp3) is 0.640. The Morgan fingerprint density at radius 1 is 1.41 bits per heavy atom. The van der Waals surface area contributed by atoms with Gasteiger partial charge in [-0.25, -0.2) is 0 Å². The molecule has 0 amide bonds. The van der Waals surface area contributed by atoms with Crippen molar-refractivity contribution in [3.63, 3.8) is 0 Å². The Balaban J connectivity index is 1.89. The van der Waals surface area contributed by atoms with E-state index in [9.17, 15) is 9.90 Å². The van der Waals surface area contributed by atoms with E-state index in [0.29, 0.717) is 17.8 Å². The second kappa shape index (κ2) is 7.91. The van der Waals surface area contributed by atoms with Gasteiger partial charge in [-0.1, -0.05) is 49.3 Å². The summed E-state index contributed by atoms with van der Waals surface area (Å²) in [6.07, 6.45) is 15.4. The Bertz CT molecular complexity index is 704. The summed E-state index contributed by atoms with van der Waals surface area (Å²) in [7, 11) is 0. The molecule has 6 atom stereocenters. The molecule has 0 aromatic carbocycles. The van der Waals surface area contributed by atoms with E-state index in [4.69, 9.17) is 0 Å². The second-order valence-electron chi connectivity index (χ2n) is 9.70. The van der Waals surface area contributed by atoms with Crippen LogP contribution in [0.15, 0.2) is 47.1 Å². The summed E-state index contributed by atoms with van der Waals surface area (Å²) < 4.78 is 0. The molecule has 0 aromatic heterocycles.